The van der Waals surface area contributed by atoms with E-state index in [1.165, 1.54) is 6.26 Å². The van der Waals surface area contributed by atoms with E-state index in [2.05, 4.69) is 19.9 Å². The second-order valence-corrected chi connectivity index (χ2v) is 5.14. The number of Topliss-reactive ketones (excluding diaryl/α,β-unsaturated/α-hetero) is 1. The van der Waals surface area contributed by atoms with Crippen LogP contribution in [0.5, 0.6) is 5.75 Å². The summed E-state index contributed by atoms with van der Waals surface area (Å²) in [7, 11) is 1.56. The van der Waals surface area contributed by atoms with Crippen molar-refractivity contribution in [3.8, 4) is 5.75 Å². The summed E-state index contributed by atoms with van der Waals surface area (Å²) >= 11 is 0. The molecule has 1 aromatic rings. The largest absolute Gasteiger partial charge is 0.504 e. The van der Waals surface area contributed by atoms with E-state index in [-0.39, 0.29) is 5.78 Å². The number of hydrogen-bond acceptors (Lipinski definition) is 3. The van der Waals surface area contributed by atoms with Crippen LogP contribution in [-0.2, 0) is 4.74 Å². The summed E-state index contributed by atoms with van der Waals surface area (Å²) < 4.78 is 10.9. The van der Waals surface area contributed by atoms with Gasteiger partial charge in [-0.3, -0.25) is 4.79 Å². The summed E-state index contributed by atoms with van der Waals surface area (Å²) in [6.45, 7) is 6.67. The summed E-state index contributed by atoms with van der Waals surface area (Å²) in [5.74, 6) is 1.10. The van der Waals surface area contributed by atoms with Gasteiger partial charge in [-0.1, -0.05) is 26.0 Å². The second kappa shape index (κ2) is 5.47. The van der Waals surface area contributed by atoms with Gasteiger partial charge in [0.1, 0.15) is 5.75 Å². The second-order valence-electron chi connectivity index (χ2n) is 5.14. The van der Waals surface area contributed by atoms with Crippen LogP contribution in [0.15, 0.2) is 24.0 Å². The fraction of sp³-hybridized carbons (Fsp3) is 0.438. The molecule has 2 rings (SSSR count). The molecule has 0 unspecified atom stereocenters. The Labute approximate surface area is 114 Å². The molecular weight excluding hydrogens is 240 g/mol. The fourth-order valence-electron chi connectivity index (χ4n) is 2.38. The van der Waals surface area contributed by atoms with E-state index >= 15 is 0 Å². The Morgan fingerprint density at radius 1 is 1.37 bits per heavy atom. The quantitative estimate of drug-likeness (QED) is 0.602. The van der Waals surface area contributed by atoms with Crippen LogP contribution in [0, 0.1) is 6.92 Å². The molecule has 19 heavy (non-hydrogen) atoms. The van der Waals surface area contributed by atoms with Crippen molar-refractivity contribution in [2.75, 3.05) is 13.7 Å². The van der Waals surface area contributed by atoms with Crippen molar-refractivity contribution in [1.29, 1.82) is 0 Å². The highest BCUT2D eigenvalue weighted by Crippen LogP contribution is 2.36. The molecule has 102 valence electrons. The molecule has 0 N–H and O–H groups in total. The molecular formula is C16H20O3. The smallest absolute Gasteiger partial charge is 0.196 e. The predicted molar refractivity (Wildman–Crippen MR) is 74.8 cm³/mol. The number of hydrogen-bond donors (Lipinski definition) is 0. The monoisotopic (exact) mass is 260 g/mol. The maximum absolute atomic E-state index is 12.6. The first-order chi connectivity index (χ1) is 9.06. The molecule has 1 aliphatic rings. The van der Waals surface area contributed by atoms with Gasteiger partial charge in [0.2, 0.25) is 0 Å². The molecule has 0 aliphatic carbocycles. The van der Waals surface area contributed by atoms with Crippen LogP contribution in [0.4, 0.5) is 0 Å². The number of aryl methyl sites for hydroxylation is 1. The molecule has 0 fully saturated rings. The Morgan fingerprint density at radius 2 is 2.11 bits per heavy atom. The number of carbonyl (C=O) groups excluding carboxylic acids is 1. The van der Waals surface area contributed by atoms with E-state index in [1.54, 1.807) is 7.11 Å². The van der Waals surface area contributed by atoms with Crippen LogP contribution in [0.2, 0.25) is 0 Å². The van der Waals surface area contributed by atoms with Crippen molar-refractivity contribution in [1.82, 2.24) is 0 Å². The van der Waals surface area contributed by atoms with Gasteiger partial charge in [0.15, 0.2) is 5.78 Å². The van der Waals surface area contributed by atoms with Crippen LogP contribution < -0.4 is 4.74 Å². The van der Waals surface area contributed by atoms with Crippen molar-refractivity contribution < 1.29 is 14.3 Å². The lowest BCUT2D eigenvalue weighted by Gasteiger charge is -2.16. The van der Waals surface area contributed by atoms with Crippen molar-refractivity contribution in [3.05, 3.63) is 40.7 Å². The third-order valence-corrected chi connectivity index (χ3v) is 3.42. The zero-order valence-corrected chi connectivity index (χ0v) is 11.9. The minimum atomic E-state index is 0.0225. The van der Waals surface area contributed by atoms with Crippen LogP contribution in [0.1, 0.15) is 47.7 Å². The zero-order chi connectivity index (χ0) is 14.0. The fourth-order valence-corrected chi connectivity index (χ4v) is 2.38. The highest BCUT2D eigenvalue weighted by atomic mass is 16.5. The van der Waals surface area contributed by atoms with Crippen molar-refractivity contribution in [2.24, 2.45) is 0 Å². The SMILES string of the molecule is CO/C=C1/CCOc2c(C(C)C)ccc(C)c2C1=O. The van der Waals surface area contributed by atoms with Crippen LogP contribution in [0.25, 0.3) is 0 Å². The first-order valence-electron chi connectivity index (χ1n) is 6.59. The lowest BCUT2D eigenvalue weighted by Crippen LogP contribution is -2.06. The minimum Gasteiger partial charge on any atom is -0.504 e. The molecule has 0 saturated carbocycles. The highest BCUT2D eigenvalue weighted by Gasteiger charge is 2.26. The summed E-state index contributed by atoms with van der Waals surface area (Å²) in [5.41, 5.74) is 3.40. The summed E-state index contributed by atoms with van der Waals surface area (Å²) in [6.07, 6.45) is 2.11. The van der Waals surface area contributed by atoms with Crippen LogP contribution >= 0.6 is 0 Å². The molecule has 1 heterocycles. The Morgan fingerprint density at radius 3 is 2.74 bits per heavy atom. The van der Waals surface area contributed by atoms with Crippen molar-refractivity contribution in [2.45, 2.75) is 33.1 Å². The van der Waals surface area contributed by atoms with Crippen LogP contribution in [-0.4, -0.2) is 19.5 Å². The maximum atomic E-state index is 12.6. The first kappa shape index (κ1) is 13.7. The van der Waals surface area contributed by atoms with E-state index in [4.69, 9.17) is 9.47 Å². The Hall–Kier alpha value is -1.77. The third kappa shape index (κ3) is 2.50. The molecule has 0 bridgehead atoms. The van der Waals surface area contributed by atoms with Gasteiger partial charge in [-0.05, 0) is 24.0 Å². The molecule has 0 spiro atoms. The van der Waals surface area contributed by atoms with Gasteiger partial charge in [0, 0.05) is 12.0 Å². The van der Waals surface area contributed by atoms with Crippen LogP contribution in [0.3, 0.4) is 0 Å². The van der Waals surface area contributed by atoms with E-state index in [0.717, 1.165) is 16.9 Å². The number of ether oxygens (including phenoxy) is 2. The van der Waals surface area contributed by atoms with Gasteiger partial charge >= 0.3 is 0 Å². The lowest BCUT2D eigenvalue weighted by atomic mass is 9.92. The van der Waals surface area contributed by atoms with Gasteiger partial charge in [0.05, 0.1) is 25.5 Å². The predicted octanol–water partition coefficient (Wildman–Crippen LogP) is 3.61. The first-order valence-corrected chi connectivity index (χ1v) is 6.59. The summed E-state index contributed by atoms with van der Waals surface area (Å²) in [5, 5.41) is 0. The molecule has 3 heteroatoms. The number of benzene rings is 1. The van der Waals surface area contributed by atoms with Gasteiger partial charge in [-0.25, -0.2) is 0 Å². The number of fused-ring (bicyclic) bond motifs is 1. The molecule has 0 saturated heterocycles. The lowest BCUT2D eigenvalue weighted by molar-refractivity contribution is 0.102. The Bertz CT molecular complexity index is 527. The number of methoxy groups -OCH3 is 1. The number of ketones is 1. The topological polar surface area (TPSA) is 35.5 Å². The van der Waals surface area contributed by atoms with Gasteiger partial charge in [0.25, 0.3) is 0 Å². The van der Waals surface area contributed by atoms with E-state index in [9.17, 15) is 4.79 Å². The molecule has 0 radical (unpaired) electrons. The number of rotatable bonds is 2. The Kier molecular flexibility index (Phi) is 3.93. The Balaban J connectivity index is 2.61. The highest BCUT2D eigenvalue weighted by molar-refractivity contribution is 6.11. The number of carbonyl (C=O) groups is 1. The average Bonchev–Trinajstić information content (AvgIpc) is 2.51. The van der Waals surface area contributed by atoms with Gasteiger partial charge in [-0.15, -0.1) is 0 Å². The average molecular weight is 260 g/mol. The normalized spacial score (nSPS) is 17.1. The van der Waals surface area contributed by atoms with Crippen molar-refractivity contribution >= 4 is 5.78 Å². The molecule has 0 atom stereocenters. The summed E-state index contributed by atoms with van der Waals surface area (Å²) in [4.78, 5) is 12.6. The molecule has 3 nitrogen and oxygen atoms in total. The maximum Gasteiger partial charge on any atom is 0.196 e. The van der Waals surface area contributed by atoms with E-state index in [1.807, 2.05) is 13.0 Å². The van der Waals surface area contributed by atoms with Crippen molar-refractivity contribution in [3.63, 3.8) is 0 Å². The molecule has 1 aromatic carbocycles. The van der Waals surface area contributed by atoms with Gasteiger partial charge in [-0.2, -0.15) is 0 Å². The summed E-state index contributed by atoms with van der Waals surface area (Å²) in [6, 6.07) is 4.04. The van der Waals surface area contributed by atoms with Gasteiger partial charge < -0.3 is 9.47 Å². The van der Waals surface area contributed by atoms with E-state index < -0.39 is 0 Å². The van der Waals surface area contributed by atoms with E-state index in [0.29, 0.717) is 30.1 Å². The minimum absolute atomic E-state index is 0.0225. The third-order valence-electron chi connectivity index (χ3n) is 3.42. The molecule has 0 amide bonds. The standard InChI is InChI=1S/C16H20O3/c1-10(2)13-6-5-11(3)14-15(17)12(9-18-4)7-8-19-16(13)14/h5-6,9-10H,7-8H2,1-4H3/b12-9-. The molecule has 1 aliphatic heterocycles. The zero-order valence-electron chi connectivity index (χ0n) is 11.9. The molecule has 0 aromatic heterocycles.